The number of fused-ring (bicyclic) bond motifs is 1. The summed E-state index contributed by atoms with van der Waals surface area (Å²) in [4.78, 5) is 33.2. The lowest BCUT2D eigenvalue weighted by Gasteiger charge is -2.32. The molecule has 0 unspecified atom stereocenters. The molecule has 0 saturated carbocycles. The van der Waals surface area contributed by atoms with Crippen LogP contribution in [0.25, 0.3) is 11.0 Å². The van der Waals surface area contributed by atoms with Gasteiger partial charge in [0, 0.05) is 26.1 Å². The maximum absolute atomic E-state index is 13.6. The van der Waals surface area contributed by atoms with Crippen molar-refractivity contribution in [2.45, 2.75) is 25.8 Å². The molecule has 2 aromatic carbocycles. The number of carbonyl (C=O) groups is 1. The molecular formula is C27H28N4O3. The van der Waals surface area contributed by atoms with Crippen molar-refractivity contribution in [2.24, 2.45) is 5.92 Å². The molecule has 174 valence electrons. The zero-order valence-electron chi connectivity index (χ0n) is 19.0. The van der Waals surface area contributed by atoms with Crippen molar-refractivity contribution < 1.29 is 9.21 Å². The molecule has 4 aromatic rings. The van der Waals surface area contributed by atoms with E-state index in [9.17, 15) is 9.59 Å². The molecule has 2 aromatic heterocycles. The fourth-order valence-corrected chi connectivity index (χ4v) is 4.60. The number of benzene rings is 2. The number of furan rings is 1. The fourth-order valence-electron chi connectivity index (χ4n) is 4.60. The van der Waals surface area contributed by atoms with Crippen molar-refractivity contribution >= 4 is 22.8 Å². The Morgan fingerprint density at radius 2 is 1.88 bits per heavy atom. The molecule has 7 nitrogen and oxygen atoms in total. The minimum atomic E-state index is -0.180. The second-order valence-electron chi connectivity index (χ2n) is 8.71. The van der Waals surface area contributed by atoms with Crippen LogP contribution in [0, 0.1) is 5.92 Å². The van der Waals surface area contributed by atoms with E-state index in [0.717, 1.165) is 35.2 Å². The summed E-state index contributed by atoms with van der Waals surface area (Å²) in [5, 5.41) is 3.02. The van der Waals surface area contributed by atoms with Crippen LogP contribution >= 0.6 is 0 Å². The van der Waals surface area contributed by atoms with Gasteiger partial charge in [0.05, 0.1) is 29.8 Å². The van der Waals surface area contributed by atoms with Gasteiger partial charge < -0.3 is 14.6 Å². The Bertz CT molecular complexity index is 1310. The predicted molar refractivity (Wildman–Crippen MR) is 132 cm³/mol. The first-order valence-electron chi connectivity index (χ1n) is 11.8. The summed E-state index contributed by atoms with van der Waals surface area (Å²) in [5.74, 6) is 1.11. The van der Waals surface area contributed by atoms with Crippen LogP contribution in [0.5, 0.6) is 0 Å². The number of hydrogen-bond acceptors (Lipinski definition) is 5. The summed E-state index contributed by atoms with van der Waals surface area (Å²) in [6.07, 6.45) is 3.93. The minimum absolute atomic E-state index is 0.0154. The van der Waals surface area contributed by atoms with Crippen LogP contribution in [0.2, 0.25) is 0 Å². The molecule has 5 rings (SSSR count). The number of amides is 1. The number of nitrogens with one attached hydrogen (secondary N) is 1. The maximum Gasteiger partial charge on any atom is 0.294 e. The van der Waals surface area contributed by atoms with E-state index in [0.29, 0.717) is 38.4 Å². The van der Waals surface area contributed by atoms with Crippen LogP contribution in [0.15, 0.2) is 82.2 Å². The Hall–Kier alpha value is -3.87. The zero-order valence-corrected chi connectivity index (χ0v) is 19.0. The number of piperidine rings is 1. The van der Waals surface area contributed by atoms with Crippen LogP contribution < -0.4 is 15.8 Å². The fraction of sp³-hybridized carbons (Fsp3) is 0.296. The maximum atomic E-state index is 13.6. The second kappa shape index (κ2) is 9.95. The number of nitrogens with zero attached hydrogens (tertiary/aromatic N) is 3. The number of rotatable bonds is 7. The molecule has 1 aliphatic rings. The molecule has 1 atom stereocenters. The van der Waals surface area contributed by atoms with E-state index in [1.807, 2.05) is 71.6 Å². The first-order valence-corrected chi connectivity index (χ1v) is 11.8. The van der Waals surface area contributed by atoms with Gasteiger partial charge in [-0.15, -0.1) is 0 Å². The summed E-state index contributed by atoms with van der Waals surface area (Å²) in [6, 6.07) is 21.4. The highest BCUT2D eigenvalue weighted by molar-refractivity contribution is 5.80. The highest BCUT2D eigenvalue weighted by Crippen LogP contribution is 2.22. The lowest BCUT2D eigenvalue weighted by atomic mass is 9.97. The Balaban J connectivity index is 1.37. The molecular weight excluding hydrogens is 428 g/mol. The lowest BCUT2D eigenvalue weighted by Crippen LogP contribution is -2.46. The molecule has 1 N–H and O–H groups in total. The van der Waals surface area contributed by atoms with Crippen LogP contribution in [-0.4, -0.2) is 35.1 Å². The summed E-state index contributed by atoms with van der Waals surface area (Å²) < 4.78 is 7.12. The van der Waals surface area contributed by atoms with Gasteiger partial charge in [-0.25, -0.2) is 4.98 Å². The number of anilines is 1. The van der Waals surface area contributed by atoms with Gasteiger partial charge in [-0.3, -0.25) is 14.2 Å². The van der Waals surface area contributed by atoms with Gasteiger partial charge in [0.2, 0.25) is 5.91 Å². The normalized spacial score (nSPS) is 16.0. The largest absolute Gasteiger partial charge is 0.469 e. The minimum Gasteiger partial charge on any atom is -0.469 e. The number of aromatic nitrogens is 2. The topological polar surface area (TPSA) is 80.4 Å². The quantitative estimate of drug-likeness (QED) is 0.460. The summed E-state index contributed by atoms with van der Waals surface area (Å²) in [6.45, 7) is 2.20. The Kier molecular flexibility index (Phi) is 6.42. The molecule has 0 aliphatic carbocycles. The number of para-hydroxylation sites is 2. The summed E-state index contributed by atoms with van der Waals surface area (Å²) in [7, 11) is 0. The lowest BCUT2D eigenvalue weighted by molar-refractivity contribution is -0.125. The zero-order chi connectivity index (χ0) is 23.3. The first-order chi connectivity index (χ1) is 16.7. The molecule has 34 heavy (non-hydrogen) atoms. The molecule has 1 aliphatic heterocycles. The van der Waals surface area contributed by atoms with E-state index in [1.165, 1.54) is 0 Å². The molecule has 1 fully saturated rings. The predicted octanol–water partition coefficient (Wildman–Crippen LogP) is 3.61. The summed E-state index contributed by atoms with van der Waals surface area (Å²) >= 11 is 0. The van der Waals surface area contributed by atoms with E-state index < -0.39 is 0 Å². The molecule has 0 radical (unpaired) electrons. The van der Waals surface area contributed by atoms with E-state index in [1.54, 1.807) is 10.8 Å². The molecule has 3 heterocycles. The van der Waals surface area contributed by atoms with Gasteiger partial charge in [-0.1, -0.05) is 42.5 Å². The van der Waals surface area contributed by atoms with E-state index >= 15 is 0 Å². The first kappa shape index (κ1) is 21.9. The van der Waals surface area contributed by atoms with Crippen LogP contribution in [0.1, 0.15) is 24.2 Å². The van der Waals surface area contributed by atoms with Crippen molar-refractivity contribution in [3.8, 4) is 0 Å². The van der Waals surface area contributed by atoms with E-state index in [2.05, 4.69) is 5.32 Å². The monoisotopic (exact) mass is 456 g/mol. The van der Waals surface area contributed by atoms with Crippen molar-refractivity contribution in [3.63, 3.8) is 0 Å². The molecule has 0 bridgehead atoms. The molecule has 1 saturated heterocycles. The third kappa shape index (κ3) is 4.73. The van der Waals surface area contributed by atoms with Crippen molar-refractivity contribution in [1.82, 2.24) is 14.9 Å². The van der Waals surface area contributed by atoms with Crippen molar-refractivity contribution in [2.75, 3.05) is 24.5 Å². The summed E-state index contributed by atoms with van der Waals surface area (Å²) in [5.41, 5.74) is 2.52. The van der Waals surface area contributed by atoms with Crippen LogP contribution in [0.3, 0.4) is 0 Å². The van der Waals surface area contributed by atoms with Gasteiger partial charge in [-0.05, 0) is 42.7 Å². The third-order valence-electron chi connectivity index (χ3n) is 6.36. The smallest absolute Gasteiger partial charge is 0.294 e. The Morgan fingerprint density at radius 3 is 2.71 bits per heavy atom. The van der Waals surface area contributed by atoms with E-state index in [-0.39, 0.29) is 17.4 Å². The second-order valence-corrected chi connectivity index (χ2v) is 8.71. The molecule has 1 amide bonds. The van der Waals surface area contributed by atoms with Gasteiger partial charge in [0.15, 0.2) is 5.82 Å². The Morgan fingerprint density at radius 1 is 1.06 bits per heavy atom. The van der Waals surface area contributed by atoms with Crippen molar-refractivity contribution in [1.29, 1.82) is 0 Å². The Labute approximate surface area is 198 Å². The van der Waals surface area contributed by atoms with Crippen LogP contribution in [0.4, 0.5) is 5.82 Å². The number of carbonyl (C=O) groups excluding carboxylic acids is 1. The van der Waals surface area contributed by atoms with Gasteiger partial charge in [0.1, 0.15) is 5.76 Å². The van der Waals surface area contributed by atoms with Gasteiger partial charge >= 0.3 is 0 Å². The highest BCUT2D eigenvalue weighted by atomic mass is 16.3. The average Bonchev–Trinajstić information content (AvgIpc) is 3.40. The van der Waals surface area contributed by atoms with E-state index in [4.69, 9.17) is 9.40 Å². The number of hydrogen-bond donors (Lipinski definition) is 1. The average molecular weight is 457 g/mol. The highest BCUT2D eigenvalue weighted by Gasteiger charge is 2.28. The SMILES string of the molecule is O=C(NCCc1ccco1)[C@@H]1CCCN(c2nc3ccccc3n(Cc3ccccc3)c2=O)C1. The molecule has 7 heteroatoms. The van der Waals surface area contributed by atoms with Crippen molar-refractivity contribution in [3.05, 3.63) is 94.7 Å². The van der Waals surface area contributed by atoms with Gasteiger partial charge in [-0.2, -0.15) is 0 Å². The third-order valence-corrected chi connectivity index (χ3v) is 6.36. The standard InChI is InChI=1S/C27H28N4O3/c32-26(28-15-14-22-11-7-17-34-22)21-10-6-16-30(19-21)25-27(33)31(18-20-8-2-1-3-9-20)24-13-5-4-12-23(24)29-25/h1-5,7-9,11-13,17,21H,6,10,14-16,18-19H2,(H,28,32)/t21-/m1/s1. The van der Waals surface area contributed by atoms with Crippen LogP contribution in [-0.2, 0) is 17.8 Å². The van der Waals surface area contributed by atoms with Gasteiger partial charge in [0.25, 0.3) is 5.56 Å². The molecule has 0 spiro atoms.